The van der Waals surface area contributed by atoms with Gasteiger partial charge in [0.2, 0.25) is 0 Å². The molecule has 0 saturated heterocycles. The van der Waals surface area contributed by atoms with Gasteiger partial charge in [0.15, 0.2) is 6.04 Å². The van der Waals surface area contributed by atoms with E-state index in [-0.39, 0.29) is 6.61 Å². The minimum absolute atomic E-state index is 0.284. The van der Waals surface area contributed by atoms with E-state index in [1.54, 1.807) is 27.8 Å². The molecule has 0 aliphatic rings. The van der Waals surface area contributed by atoms with Gasteiger partial charge in [-0.3, -0.25) is 0 Å². The molecule has 0 heterocycles. The third-order valence-corrected chi connectivity index (χ3v) is 5.18. The maximum atomic E-state index is 12.3. The van der Waals surface area contributed by atoms with Crippen LogP contribution >= 0.6 is 0 Å². The summed E-state index contributed by atoms with van der Waals surface area (Å²) in [5, 5.41) is 12.2. The molecule has 0 fully saturated rings. The van der Waals surface area contributed by atoms with Gasteiger partial charge in [0.05, 0.1) is 6.61 Å². The number of benzene rings is 3. The van der Waals surface area contributed by atoms with Crippen molar-refractivity contribution in [2.75, 3.05) is 20.8 Å². The first-order valence-corrected chi connectivity index (χ1v) is 11.8. The molecule has 198 valence electrons. The number of ether oxygens (including phenoxy) is 2. The predicted molar refractivity (Wildman–Crippen MR) is 142 cm³/mol. The molecule has 0 saturated carbocycles. The van der Waals surface area contributed by atoms with Gasteiger partial charge in [0, 0.05) is 7.11 Å². The summed E-state index contributed by atoms with van der Waals surface area (Å²) in [5.74, 6) is -1.22. The highest BCUT2D eigenvalue weighted by Crippen LogP contribution is 2.40. The Morgan fingerprint density at radius 3 is 1.51 bits per heavy atom. The molecule has 0 bridgehead atoms. The zero-order chi connectivity index (χ0) is 27.3. The minimum Gasteiger partial charge on any atom is -0.537 e. The number of carbonyl (C=O) groups is 2. The zero-order valence-electron chi connectivity index (χ0n) is 21.9. The maximum absolute atomic E-state index is 12.3. The summed E-state index contributed by atoms with van der Waals surface area (Å²) < 4.78 is 11.7. The van der Waals surface area contributed by atoms with E-state index in [4.69, 9.17) is 9.47 Å². The Morgan fingerprint density at radius 1 is 0.838 bits per heavy atom. The quantitative estimate of drug-likeness (QED) is 0.291. The summed E-state index contributed by atoms with van der Waals surface area (Å²) in [5.41, 5.74) is 3.90. The molecule has 3 rings (SSSR count). The smallest absolute Gasteiger partial charge is 0.408 e. The van der Waals surface area contributed by atoms with Gasteiger partial charge < -0.3 is 30.2 Å². The normalized spacial score (nSPS) is 12.0. The number of alkyl carbamates (subject to hydrolysis) is 1. The SMILES string of the molecule is CC(C)(C)OC(=O)N[C@@H](COC(c1ccccc1)(c1ccccc1)c1ccccc1)C(=O)O.C[N-]OC. The van der Waals surface area contributed by atoms with E-state index in [0.717, 1.165) is 16.7 Å². The van der Waals surface area contributed by atoms with E-state index in [0.29, 0.717) is 0 Å². The second kappa shape index (κ2) is 14.1. The van der Waals surface area contributed by atoms with Gasteiger partial charge in [0.1, 0.15) is 11.2 Å². The molecule has 2 N–H and O–H groups in total. The Balaban J connectivity index is 0.00000112. The van der Waals surface area contributed by atoms with Gasteiger partial charge in [-0.2, -0.15) is 0 Å². The highest BCUT2D eigenvalue weighted by atomic mass is 16.6. The van der Waals surface area contributed by atoms with E-state index >= 15 is 0 Å². The Kier molecular flexibility index (Phi) is 11.3. The number of rotatable bonds is 9. The lowest BCUT2D eigenvalue weighted by molar-refractivity contribution is -0.142. The van der Waals surface area contributed by atoms with Crippen LogP contribution in [-0.2, 0) is 24.7 Å². The third-order valence-electron chi connectivity index (χ3n) is 5.18. The van der Waals surface area contributed by atoms with Crippen LogP contribution in [0.25, 0.3) is 5.48 Å². The number of hydrogen-bond acceptors (Lipinski definition) is 5. The first kappa shape index (κ1) is 29.5. The topological polar surface area (TPSA) is 108 Å². The first-order valence-electron chi connectivity index (χ1n) is 11.8. The number of carboxylic acids is 1. The molecule has 37 heavy (non-hydrogen) atoms. The molecule has 0 unspecified atom stereocenters. The van der Waals surface area contributed by atoms with Crippen LogP contribution in [-0.4, -0.2) is 49.6 Å². The average molecular weight is 508 g/mol. The van der Waals surface area contributed by atoms with Crippen LogP contribution in [0.15, 0.2) is 91.0 Å². The molecule has 1 amide bonds. The van der Waals surface area contributed by atoms with Crippen LogP contribution in [0.4, 0.5) is 4.79 Å². The van der Waals surface area contributed by atoms with E-state index in [1.165, 1.54) is 7.11 Å². The molecule has 8 heteroatoms. The van der Waals surface area contributed by atoms with Crippen molar-refractivity contribution in [3.63, 3.8) is 0 Å². The summed E-state index contributed by atoms with van der Waals surface area (Å²) in [6.07, 6.45) is -0.816. The highest BCUT2D eigenvalue weighted by molar-refractivity contribution is 5.80. The molecule has 0 aliphatic heterocycles. The molecule has 1 atom stereocenters. The molecule has 0 radical (unpaired) electrons. The number of nitrogens with one attached hydrogen (secondary N) is 1. The van der Waals surface area contributed by atoms with Crippen LogP contribution in [0.1, 0.15) is 37.5 Å². The Bertz CT molecular complexity index is 987. The van der Waals surface area contributed by atoms with Crippen molar-refractivity contribution < 1.29 is 29.0 Å². The van der Waals surface area contributed by atoms with Crippen LogP contribution in [0.2, 0.25) is 0 Å². The van der Waals surface area contributed by atoms with Gasteiger partial charge in [-0.25, -0.2) is 9.59 Å². The first-order chi connectivity index (χ1) is 17.6. The molecule has 3 aromatic carbocycles. The lowest BCUT2D eigenvalue weighted by Crippen LogP contribution is -2.48. The molecular formula is C29H35N2O6-. The number of aliphatic carboxylic acids is 1. The summed E-state index contributed by atoms with van der Waals surface area (Å²) in [4.78, 5) is 28.4. The standard InChI is InChI=1S/C27H29NO5.C2H6NO/c1-26(2,3)33-25(31)28-23(24(29)30)19-32-27(20-13-7-4-8-14-20,21-15-9-5-10-16-21)22-17-11-6-12-18-22;1-3-4-2/h4-18,23H,19H2,1-3H3,(H,28,31)(H,29,30);1-2H3/q;-1/t23-;/m0./s1. The van der Waals surface area contributed by atoms with Crippen molar-refractivity contribution in [1.29, 1.82) is 0 Å². The molecule has 8 nitrogen and oxygen atoms in total. The summed E-state index contributed by atoms with van der Waals surface area (Å²) in [7, 11) is 3.10. The van der Waals surface area contributed by atoms with Crippen LogP contribution in [0, 0.1) is 0 Å². The monoisotopic (exact) mass is 507 g/mol. The van der Waals surface area contributed by atoms with Crippen molar-refractivity contribution >= 4 is 12.1 Å². The van der Waals surface area contributed by atoms with Crippen molar-refractivity contribution in [3.05, 3.63) is 113 Å². The Morgan fingerprint density at radius 2 is 1.22 bits per heavy atom. The van der Waals surface area contributed by atoms with Crippen molar-refractivity contribution in [2.24, 2.45) is 0 Å². The van der Waals surface area contributed by atoms with Crippen molar-refractivity contribution in [1.82, 2.24) is 5.32 Å². The summed E-state index contributed by atoms with van der Waals surface area (Å²) in [6, 6.07) is 27.5. The maximum Gasteiger partial charge on any atom is 0.408 e. The van der Waals surface area contributed by atoms with Gasteiger partial charge in [-0.15, -0.1) is 7.05 Å². The Labute approximate surface area is 218 Å². The fourth-order valence-electron chi connectivity index (χ4n) is 3.60. The summed E-state index contributed by atoms with van der Waals surface area (Å²) >= 11 is 0. The molecule has 0 spiro atoms. The van der Waals surface area contributed by atoms with Gasteiger partial charge >= 0.3 is 12.1 Å². The lowest BCUT2D eigenvalue weighted by atomic mass is 9.80. The van der Waals surface area contributed by atoms with Gasteiger partial charge in [0.25, 0.3) is 0 Å². The van der Waals surface area contributed by atoms with Crippen molar-refractivity contribution in [3.8, 4) is 0 Å². The molecule has 3 aromatic rings. The van der Waals surface area contributed by atoms with Gasteiger partial charge in [-0.05, 0) is 37.5 Å². The average Bonchev–Trinajstić information content (AvgIpc) is 2.89. The fraction of sp³-hybridized carbons (Fsp3) is 0.310. The predicted octanol–water partition coefficient (Wildman–Crippen LogP) is 5.52. The second-order valence-electron chi connectivity index (χ2n) is 8.99. The fourth-order valence-corrected chi connectivity index (χ4v) is 3.60. The van der Waals surface area contributed by atoms with E-state index in [1.807, 2.05) is 91.0 Å². The largest absolute Gasteiger partial charge is 0.537 e. The molecule has 0 aromatic heterocycles. The number of hydrogen-bond donors (Lipinski definition) is 2. The van der Waals surface area contributed by atoms with Crippen molar-refractivity contribution in [2.45, 2.75) is 38.0 Å². The Hall–Kier alpha value is -3.72. The number of hydroxylamine groups is 1. The number of nitrogens with zero attached hydrogens (tertiary/aromatic N) is 1. The second-order valence-corrected chi connectivity index (χ2v) is 8.99. The van der Waals surface area contributed by atoms with Gasteiger partial charge in [-0.1, -0.05) is 91.0 Å². The van der Waals surface area contributed by atoms with Crippen LogP contribution in [0.3, 0.4) is 0 Å². The molecular weight excluding hydrogens is 472 g/mol. The van der Waals surface area contributed by atoms with E-state index in [2.05, 4.69) is 15.6 Å². The minimum atomic E-state index is -1.31. The van der Waals surface area contributed by atoms with E-state index in [9.17, 15) is 14.7 Å². The van der Waals surface area contributed by atoms with E-state index < -0.39 is 29.3 Å². The third kappa shape index (κ3) is 8.71. The lowest BCUT2D eigenvalue weighted by Gasteiger charge is -2.36. The number of amides is 1. The van der Waals surface area contributed by atoms with Crippen LogP contribution in [0.5, 0.6) is 0 Å². The number of carbonyl (C=O) groups excluding carboxylic acids is 1. The highest BCUT2D eigenvalue weighted by Gasteiger charge is 2.39. The molecule has 0 aliphatic carbocycles. The van der Waals surface area contributed by atoms with Crippen LogP contribution < -0.4 is 5.32 Å². The summed E-state index contributed by atoms with van der Waals surface area (Å²) in [6.45, 7) is 4.85. The number of carboxylic acid groups (broad SMARTS) is 1. The zero-order valence-corrected chi connectivity index (χ0v) is 21.9.